The lowest BCUT2D eigenvalue weighted by atomic mass is 10.3. The van der Waals surface area contributed by atoms with Crippen LogP contribution < -0.4 is 10.6 Å². The Hall–Kier alpha value is -0.160. The van der Waals surface area contributed by atoms with Crippen LogP contribution in [0.25, 0.3) is 0 Å². The van der Waals surface area contributed by atoms with Crippen LogP contribution in [0.3, 0.4) is 0 Å². The summed E-state index contributed by atoms with van der Waals surface area (Å²) in [5, 5.41) is 6.85. The lowest BCUT2D eigenvalue weighted by Gasteiger charge is -2.26. The molecule has 1 aliphatic heterocycles. The summed E-state index contributed by atoms with van der Waals surface area (Å²) in [6, 6.07) is 0. The summed E-state index contributed by atoms with van der Waals surface area (Å²) in [5.41, 5.74) is 0. The quantitative estimate of drug-likeness (QED) is 0.558. The number of ether oxygens (including phenoxy) is 1. The van der Waals surface area contributed by atoms with Crippen molar-refractivity contribution in [2.24, 2.45) is 0 Å². The Morgan fingerprint density at radius 3 is 2.38 bits per heavy atom. The molecular weight excluding hydrogens is 202 g/mol. The monoisotopic (exact) mass is 229 g/mol. The molecule has 1 aliphatic rings. The van der Waals surface area contributed by atoms with Crippen molar-refractivity contribution in [3.63, 3.8) is 0 Å². The van der Waals surface area contributed by atoms with Gasteiger partial charge in [0.2, 0.25) is 0 Å². The molecule has 4 heteroatoms. The molecule has 0 radical (unpaired) electrons. The minimum Gasteiger partial charge on any atom is -0.379 e. The Bertz CT molecular complexity index is 149. The zero-order valence-corrected chi connectivity index (χ0v) is 10.6. The van der Waals surface area contributed by atoms with Crippen molar-refractivity contribution >= 4 is 0 Å². The third kappa shape index (κ3) is 7.17. The van der Waals surface area contributed by atoms with Gasteiger partial charge < -0.3 is 15.4 Å². The molecule has 0 aliphatic carbocycles. The molecule has 1 saturated heterocycles. The van der Waals surface area contributed by atoms with Crippen LogP contribution in [-0.4, -0.2) is 63.9 Å². The predicted molar refractivity (Wildman–Crippen MR) is 67.9 cm³/mol. The van der Waals surface area contributed by atoms with Gasteiger partial charge in [-0.1, -0.05) is 6.92 Å². The van der Waals surface area contributed by atoms with Gasteiger partial charge in [0.25, 0.3) is 0 Å². The Morgan fingerprint density at radius 2 is 1.69 bits per heavy atom. The Kier molecular flexibility index (Phi) is 8.71. The van der Waals surface area contributed by atoms with E-state index >= 15 is 0 Å². The van der Waals surface area contributed by atoms with Crippen molar-refractivity contribution in [3.05, 3.63) is 0 Å². The largest absolute Gasteiger partial charge is 0.379 e. The molecule has 0 bridgehead atoms. The van der Waals surface area contributed by atoms with Gasteiger partial charge in [-0.2, -0.15) is 0 Å². The van der Waals surface area contributed by atoms with E-state index in [0.29, 0.717) is 0 Å². The van der Waals surface area contributed by atoms with Gasteiger partial charge in [0.1, 0.15) is 0 Å². The Morgan fingerprint density at radius 1 is 1.00 bits per heavy atom. The van der Waals surface area contributed by atoms with E-state index in [0.717, 1.165) is 52.5 Å². The second-order valence-corrected chi connectivity index (χ2v) is 4.31. The summed E-state index contributed by atoms with van der Waals surface area (Å²) in [5.74, 6) is 0. The number of nitrogens with one attached hydrogen (secondary N) is 2. The van der Waals surface area contributed by atoms with Crippen LogP contribution in [0.5, 0.6) is 0 Å². The fourth-order valence-electron chi connectivity index (χ4n) is 1.86. The molecule has 0 aromatic rings. The number of nitrogens with zero attached hydrogens (tertiary/aromatic N) is 1. The van der Waals surface area contributed by atoms with Gasteiger partial charge in [-0.25, -0.2) is 0 Å². The Balaban J connectivity index is 1.77. The van der Waals surface area contributed by atoms with E-state index in [1.165, 1.54) is 19.4 Å². The molecule has 96 valence electrons. The van der Waals surface area contributed by atoms with Crippen LogP contribution in [0, 0.1) is 0 Å². The molecule has 2 N–H and O–H groups in total. The molecule has 1 rings (SSSR count). The fraction of sp³-hybridized carbons (Fsp3) is 1.00. The number of morpholine rings is 1. The summed E-state index contributed by atoms with van der Waals surface area (Å²) in [6.45, 7) is 11.9. The van der Waals surface area contributed by atoms with Crippen molar-refractivity contribution in [2.45, 2.75) is 19.8 Å². The highest BCUT2D eigenvalue weighted by Gasteiger charge is 2.08. The van der Waals surface area contributed by atoms with Gasteiger partial charge in [0.15, 0.2) is 0 Å². The molecule has 0 unspecified atom stereocenters. The smallest absolute Gasteiger partial charge is 0.0594 e. The fourth-order valence-corrected chi connectivity index (χ4v) is 1.86. The molecule has 1 heterocycles. The van der Waals surface area contributed by atoms with Crippen LogP contribution in [-0.2, 0) is 4.74 Å². The molecule has 1 fully saturated rings. The van der Waals surface area contributed by atoms with E-state index in [1.807, 2.05) is 0 Å². The van der Waals surface area contributed by atoms with Gasteiger partial charge in [-0.3, -0.25) is 4.90 Å². The van der Waals surface area contributed by atoms with Crippen LogP contribution >= 0.6 is 0 Å². The third-order valence-corrected chi connectivity index (χ3v) is 2.84. The highest BCUT2D eigenvalue weighted by Crippen LogP contribution is 1.96. The van der Waals surface area contributed by atoms with Crippen LogP contribution in [0.15, 0.2) is 0 Å². The first-order valence-electron chi connectivity index (χ1n) is 6.65. The summed E-state index contributed by atoms with van der Waals surface area (Å²) in [7, 11) is 0. The highest BCUT2D eigenvalue weighted by atomic mass is 16.5. The Labute approximate surface area is 99.7 Å². The standard InChI is InChI=1S/C12H27N3O/c1-2-4-13-6-7-14-5-3-8-15-9-11-16-12-10-15/h13-14H,2-12H2,1H3. The van der Waals surface area contributed by atoms with Gasteiger partial charge in [-0.05, 0) is 32.5 Å². The molecule has 0 spiro atoms. The molecule has 0 aromatic carbocycles. The minimum atomic E-state index is 0.911. The SMILES string of the molecule is CCCNCCNCCCN1CCOCC1. The zero-order chi connectivity index (χ0) is 11.5. The van der Waals surface area contributed by atoms with Gasteiger partial charge in [-0.15, -0.1) is 0 Å². The second-order valence-electron chi connectivity index (χ2n) is 4.31. The molecule has 0 amide bonds. The van der Waals surface area contributed by atoms with Crippen molar-refractivity contribution < 1.29 is 4.74 Å². The van der Waals surface area contributed by atoms with E-state index in [-0.39, 0.29) is 0 Å². The normalized spacial score (nSPS) is 17.8. The predicted octanol–water partition coefficient (Wildman–Crippen LogP) is 0.298. The van der Waals surface area contributed by atoms with Crippen molar-refractivity contribution in [3.8, 4) is 0 Å². The molecule has 0 aromatic heterocycles. The van der Waals surface area contributed by atoms with E-state index in [9.17, 15) is 0 Å². The third-order valence-electron chi connectivity index (χ3n) is 2.84. The van der Waals surface area contributed by atoms with Crippen LogP contribution in [0.1, 0.15) is 19.8 Å². The van der Waals surface area contributed by atoms with Crippen LogP contribution in [0.2, 0.25) is 0 Å². The molecule has 0 atom stereocenters. The van der Waals surface area contributed by atoms with E-state index < -0.39 is 0 Å². The van der Waals surface area contributed by atoms with Gasteiger partial charge >= 0.3 is 0 Å². The van der Waals surface area contributed by atoms with E-state index in [1.54, 1.807) is 0 Å². The number of hydrogen-bond donors (Lipinski definition) is 2. The maximum absolute atomic E-state index is 5.32. The second kappa shape index (κ2) is 10.0. The average Bonchev–Trinajstić information content (AvgIpc) is 2.34. The maximum atomic E-state index is 5.32. The van der Waals surface area contributed by atoms with Gasteiger partial charge in [0, 0.05) is 26.2 Å². The molecule has 4 nitrogen and oxygen atoms in total. The lowest BCUT2D eigenvalue weighted by molar-refractivity contribution is 0.0375. The number of rotatable bonds is 9. The number of hydrogen-bond acceptors (Lipinski definition) is 4. The summed E-state index contributed by atoms with van der Waals surface area (Å²) < 4.78 is 5.32. The molecule has 0 saturated carbocycles. The lowest BCUT2D eigenvalue weighted by Crippen LogP contribution is -2.38. The van der Waals surface area contributed by atoms with Gasteiger partial charge in [0.05, 0.1) is 13.2 Å². The summed E-state index contributed by atoms with van der Waals surface area (Å²) in [6.07, 6.45) is 2.46. The van der Waals surface area contributed by atoms with E-state index in [2.05, 4.69) is 22.5 Å². The average molecular weight is 229 g/mol. The first kappa shape index (κ1) is 13.9. The minimum absolute atomic E-state index is 0.911. The summed E-state index contributed by atoms with van der Waals surface area (Å²) >= 11 is 0. The van der Waals surface area contributed by atoms with Crippen molar-refractivity contribution in [1.29, 1.82) is 0 Å². The first-order chi connectivity index (χ1) is 7.93. The molecular formula is C12H27N3O. The highest BCUT2D eigenvalue weighted by molar-refractivity contribution is 4.62. The van der Waals surface area contributed by atoms with Crippen LogP contribution in [0.4, 0.5) is 0 Å². The zero-order valence-electron chi connectivity index (χ0n) is 10.6. The topological polar surface area (TPSA) is 36.5 Å². The van der Waals surface area contributed by atoms with Crippen molar-refractivity contribution in [1.82, 2.24) is 15.5 Å². The molecule has 16 heavy (non-hydrogen) atoms. The van der Waals surface area contributed by atoms with Crippen molar-refractivity contribution in [2.75, 3.05) is 59.0 Å². The first-order valence-corrected chi connectivity index (χ1v) is 6.65. The van der Waals surface area contributed by atoms with E-state index in [4.69, 9.17) is 4.74 Å². The summed E-state index contributed by atoms with van der Waals surface area (Å²) in [4.78, 5) is 2.49. The maximum Gasteiger partial charge on any atom is 0.0594 e.